The first-order valence-electron chi connectivity index (χ1n) is 6.70. The summed E-state index contributed by atoms with van der Waals surface area (Å²) in [6.45, 7) is 1.14. The molecule has 0 bridgehead atoms. The largest absolute Gasteiger partial charge is 0.469 e. The van der Waals surface area contributed by atoms with Crippen molar-refractivity contribution in [3.05, 3.63) is 23.7 Å². The van der Waals surface area contributed by atoms with Crippen molar-refractivity contribution in [2.24, 2.45) is 0 Å². The molecule has 17 heavy (non-hydrogen) atoms. The molecule has 96 valence electrons. The van der Waals surface area contributed by atoms with Gasteiger partial charge in [-0.1, -0.05) is 6.42 Å². The number of aryl methyl sites for hydroxylation is 1. The topological polar surface area (TPSA) is 25.2 Å². The standard InChI is InChI=1S/C14H23NOS/c1-17-11-4-2-3-9-15-13-6-5-7-14-12(13)8-10-16-14/h8,10,13,15H,2-7,9,11H2,1H3. The van der Waals surface area contributed by atoms with Crippen LogP contribution in [-0.2, 0) is 6.42 Å². The zero-order valence-corrected chi connectivity index (χ0v) is 11.5. The minimum atomic E-state index is 0.540. The van der Waals surface area contributed by atoms with Crippen LogP contribution in [0.4, 0.5) is 0 Å². The van der Waals surface area contributed by atoms with Crippen molar-refractivity contribution in [2.45, 2.75) is 44.6 Å². The van der Waals surface area contributed by atoms with Crippen LogP contribution in [0.1, 0.15) is 49.5 Å². The van der Waals surface area contributed by atoms with Crippen LogP contribution in [0, 0.1) is 0 Å². The van der Waals surface area contributed by atoms with Gasteiger partial charge in [0.15, 0.2) is 0 Å². The molecule has 0 aliphatic heterocycles. The van der Waals surface area contributed by atoms with Gasteiger partial charge in [0.25, 0.3) is 0 Å². The number of fused-ring (bicyclic) bond motifs is 1. The molecule has 0 radical (unpaired) electrons. The normalized spacial score (nSPS) is 19.2. The highest BCUT2D eigenvalue weighted by atomic mass is 32.2. The van der Waals surface area contributed by atoms with Gasteiger partial charge >= 0.3 is 0 Å². The van der Waals surface area contributed by atoms with Gasteiger partial charge in [-0.05, 0) is 50.3 Å². The predicted molar refractivity (Wildman–Crippen MR) is 74.6 cm³/mol. The molecule has 1 heterocycles. The van der Waals surface area contributed by atoms with Gasteiger partial charge in [0.2, 0.25) is 0 Å². The fourth-order valence-corrected chi connectivity index (χ4v) is 3.02. The van der Waals surface area contributed by atoms with Crippen molar-refractivity contribution >= 4 is 11.8 Å². The molecule has 2 rings (SSSR count). The van der Waals surface area contributed by atoms with Gasteiger partial charge in [0, 0.05) is 18.0 Å². The molecular formula is C14H23NOS. The van der Waals surface area contributed by atoms with E-state index >= 15 is 0 Å². The van der Waals surface area contributed by atoms with E-state index in [1.165, 1.54) is 49.2 Å². The molecule has 1 aliphatic carbocycles. The first kappa shape index (κ1) is 13.0. The van der Waals surface area contributed by atoms with E-state index in [0.29, 0.717) is 6.04 Å². The van der Waals surface area contributed by atoms with Crippen molar-refractivity contribution in [2.75, 3.05) is 18.6 Å². The molecule has 3 heteroatoms. The van der Waals surface area contributed by atoms with Crippen LogP contribution in [0.15, 0.2) is 16.7 Å². The third-order valence-corrected chi connectivity index (χ3v) is 4.16. The van der Waals surface area contributed by atoms with Crippen LogP contribution in [0.25, 0.3) is 0 Å². The Hall–Kier alpha value is -0.410. The van der Waals surface area contributed by atoms with Crippen LogP contribution in [0.2, 0.25) is 0 Å². The van der Waals surface area contributed by atoms with Gasteiger partial charge in [0.1, 0.15) is 5.76 Å². The summed E-state index contributed by atoms with van der Waals surface area (Å²) in [6, 6.07) is 2.68. The Bertz CT molecular complexity index is 324. The van der Waals surface area contributed by atoms with Crippen molar-refractivity contribution in [3.8, 4) is 0 Å². The van der Waals surface area contributed by atoms with Crippen molar-refractivity contribution in [3.63, 3.8) is 0 Å². The Morgan fingerprint density at radius 1 is 1.41 bits per heavy atom. The number of nitrogens with one attached hydrogen (secondary N) is 1. The van der Waals surface area contributed by atoms with E-state index in [4.69, 9.17) is 4.42 Å². The third-order valence-electron chi connectivity index (χ3n) is 3.47. The molecule has 2 nitrogen and oxygen atoms in total. The molecule has 1 atom stereocenters. The summed E-state index contributed by atoms with van der Waals surface area (Å²) in [5.74, 6) is 2.51. The molecule has 1 aliphatic rings. The smallest absolute Gasteiger partial charge is 0.108 e. The lowest BCUT2D eigenvalue weighted by atomic mass is 9.93. The Kier molecular flexibility index (Phi) is 5.46. The maximum Gasteiger partial charge on any atom is 0.108 e. The van der Waals surface area contributed by atoms with Crippen LogP contribution in [0.3, 0.4) is 0 Å². The van der Waals surface area contributed by atoms with Crippen LogP contribution >= 0.6 is 11.8 Å². The van der Waals surface area contributed by atoms with E-state index in [1.54, 1.807) is 0 Å². The van der Waals surface area contributed by atoms with Crippen molar-refractivity contribution < 1.29 is 4.42 Å². The van der Waals surface area contributed by atoms with Crippen molar-refractivity contribution in [1.82, 2.24) is 5.32 Å². The highest BCUT2D eigenvalue weighted by molar-refractivity contribution is 7.98. The summed E-state index contributed by atoms with van der Waals surface area (Å²) in [7, 11) is 0. The fraction of sp³-hybridized carbons (Fsp3) is 0.714. The van der Waals surface area contributed by atoms with Gasteiger partial charge in [-0.3, -0.25) is 0 Å². The molecule has 0 fully saturated rings. The number of rotatable bonds is 7. The molecule has 0 amide bonds. The Morgan fingerprint density at radius 2 is 2.35 bits per heavy atom. The highest BCUT2D eigenvalue weighted by Gasteiger charge is 2.21. The molecule has 0 saturated carbocycles. The molecule has 1 aromatic heterocycles. The zero-order valence-electron chi connectivity index (χ0n) is 10.7. The molecule has 0 aromatic carbocycles. The van der Waals surface area contributed by atoms with E-state index in [9.17, 15) is 0 Å². The molecule has 1 unspecified atom stereocenters. The number of hydrogen-bond acceptors (Lipinski definition) is 3. The Balaban J connectivity index is 1.67. The summed E-state index contributed by atoms with van der Waals surface area (Å²) in [6.07, 6.45) is 11.6. The van der Waals surface area contributed by atoms with E-state index in [-0.39, 0.29) is 0 Å². The number of unbranched alkanes of at least 4 members (excludes halogenated alkanes) is 2. The monoisotopic (exact) mass is 253 g/mol. The quantitative estimate of drug-likeness (QED) is 0.749. The Labute approximate surface area is 109 Å². The second kappa shape index (κ2) is 7.12. The zero-order chi connectivity index (χ0) is 11.9. The maximum absolute atomic E-state index is 5.50. The molecule has 1 aromatic rings. The first-order valence-corrected chi connectivity index (χ1v) is 8.10. The fourth-order valence-electron chi connectivity index (χ4n) is 2.52. The van der Waals surface area contributed by atoms with Gasteiger partial charge in [-0.15, -0.1) is 0 Å². The van der Waals surface area contributed by atoms with Crippen LogP contribution in [0.5, 0.6) is 0 Å². The van der Waals surface area contributed by atoms with Crippen LogP contribution < -0.4 is 5.32 Å². The Morgan fingerprint density at radius 3 is 3.24 bits per heavy atom. The summed E-state index contributed by atoms with van der Waals surface area (Å²) in [5.41, 5.74) is 1.40. The van der Waals surface area contributed by atoms with Crippen LogP contribution in [-0.4, -0.2) is 18.6 Å². The summed E-state index contributed by atoms with van der Waals surface area (Å²) >= 11 is 1.95. The van der Waals surface area contributed by atoms with E-state index in [1.807, 2.05) is 18.0 Å². The lowest BCUT2D eigenvalue weighted by Crippen LogP contribution is -2.25. The highest BCUT2D eigenvalue weighted by Crippen LogP contribution is 2.30. The summed E-state index contributed by atoms with van der Waals surface area (Å²) < 4.78 is 5.50. The summed E-state index contributed by atoms with van der Waals surface area (Å²) in [4.78, 5) is 0. The van der Waals surface area contributed by atoms with Gasteiger partial charge < -0.3 is 9.73 Å². The van der Waals surface area contributed by atoms with E-state index < -0.39 is 0 Å². The second-order valence-corrected chi connectivity index (χ2v) is 5.74. The number of hydrogen-bond donors (Lipinski definition) is 1. The average molecular weight is 253 g/mol. The van der Waals surface area contributed by atoms with Gasteiger partial charge in [-0.2, -0.15) is 11.8 Å². The molecule has 1 N–H and O–H groups in total. The molecule has 0 saturated heterocycles. The third kappa shape index (κ3) is 3.78. The number of furan rings is 1. The predicted octanol–water partition coefficient (Wildman–Crippen LogP) is 3.78. The molecule has 0 spiro atoms. The van der Waals surface area contributed by atoms with E-state index in [0.717, 1.165) is 13.0 Å². The minimum absolute atomic E-state index is 0.540. The minimum Gasteiger partial charge on any atom is -0.469 e. The number of thioether (sulfide) groups is 1. The van der Waals surface area contributed by atoms with Crippen molar-refractivity contribution in [1.29, 1.82) is 0 Å². The van der Waals surface area contributed by atoms with E-state index in [2.05, 4.69) is 17.6 Å². The first-order chi connectivity index (χ1) is 8.42. The van der Waals surface area contributed by atoms with Gasteiger partial charge in [0.05, 0.1) is 6.26 Å². The van der Waals surface area contributed by atoms with Gasteiger partial charge in [-0.25, -0.2) is 0 Å². The second-order valence-electron chi connectivity index (χ2n) is 4.75. The summed E-state index contributed by atoms with van der Waals surface area (Å²) in [5, 5.41) is 3.67. The SMILES string of the molecule is CSCCCCCNC1CCCc2occc21. The lowest BCUT2D eigenvalue weighted by Gasteiger charge is -2.22. The average Bonchev–Trinajstić information content (AvgIpc) is 2.82. The molecular weight excluding hydrogens is 230 g/mol. The lowest BCUT2D eigenvalue weighted by molar-refractivity contribution is 0.408. The maximum atomic E-state index is 5.50.